The summed E-state index contributed by atoms with van der Waals surface area (Å²) in [7, 11) is 0. The number of benzene rings is 2. The number of para-hydroxylation sites is 1. The van der Waals surface area contributed by atoms with Gasteiger partial charge >= 0.3 is 0 Å². The number of ether oxygens (including phenoxy) is 3. The fraction of sp³-hybridized carbons (Fsp3) is 0.174. The number of furan rings is 1. The van der Waals surface area contributed by atoms with E-state index in [4.69, 9.17) is 18.6 Å². The van der Waals surface area contributed by atoms with Gasteiger partial charge in [-0.25, -0.2) is 0 Å². The Hall–Kier alpha value is -3.47. The second-order valence-electron chi connectivity index (χ2n) is 6.41. The zero-order valence-corrected chi connectivity index (χ0v) is 15.5. The van der Waals surface area contributed by atoms with Crippen LogP contribution in [0.15, 0.2) is 65.1 Å². The highest BCUT2D eigenvalue weighted by Crippen LogP contribution is 2.31. The molecule has 1 aromatic heterocycles. The third-order valence-electron chi connectivity index (χ3n) is 4.37. The molecule has 1 aliphatic heterocycles. The molecule has 28 heavy (non-hydrogen) atoms. The number of ketones is 1. The van der Waals surface area contributed by atoms with Crippen LogP contribution in [0.2, 0.25) is 0 Å². The molecule has 0 bridgehead atoms. The molecule has 3 aromatic rings. The standard InChI is InChI=1S/C23H20O5/c1-16-4-2-3-5-21(16)27-15-19-8-7-18(28-19)9-10-20(24)17-6-11-22-23(14-17)26-13-12-25-22/h2-11,14H,12-13,15H2,1H3/b10-9+. The van der Waals surface area contributed by atoms with Crippen LogP contribution in [0.5, 0.6) is 17.2 Å². The monoisotopic (exact) mass is 376 g/mol. The molecule has 5 heteroatoms. The Bertz CT molecular complexity index is 1020. The molecule has 1 aliphatic rings. The summed E-state index contributed by atoms with van der Waals surface area (Å²) in [4.78, 5) is 12.4. The Morgan fingerprint density at radius 1 is 1.04 bits per heavy atom. The van der Waals surface area contributed by atoms with Crippen LogP contribution in [0.25, 0.3) is 6.08 Å². The third kappa shape index (κ3) is 4.09. The van der Waals surface area contributed by atoms with Crippen LogP contribution >= 0.6 is 0 Å². The van der Waals surface area contributed by atoms with Crippen LogP contribution in [0.4, 0.5) is 0 Å². The first kappa shape index (κ1) is 17.9. The molecule has 0 N–H and O–H groups in total. The van der Waals surface area contributed by atoms with Crippen molar-refractivity contribution in [2.24, 2.45) is 0 Å². The van der Waals surface area contributed by atoms with E-state index < -0.39 is 0 Å². The van der Waals surface area contributed by atoms with Gasteiger partial charge in [-0.1, -0.05) is 18.2 Å². The van der Waals surface area contributed by atoms with Gasteiger partial charge in [-0.2, -0.15) is 0 Å². The van der Waals surface area contributed by atoms with Crippen molar-refractivity contribution in [3.05, 3.63) is 83.3 Å². The topological polar surface area (TPSA) is 57.9 Å². The lowest BCUT2D eigenvalue weighted by Gasteiger charge is -2.18. The molecule has 0 fully saturated rings. The smallest absolute Gasteiger partial charge is 0.186 e. The number of carbonyl (C=O) groups is 1. The quantitative estimate of drug-likeness (QED) is 0.455. The van der Waals surface area contributed by atoms with Crippen LogP contribution < -0.4 is 14.2 Å². The first-order valence-corrected chi connectivity index (χ1v) is 9.08. The maximum absolute atomic E-state index is 12.4. The Morgan fingerprint density at radius 2 is 1.86 bits per heavy atom. The maximum atomic E-state index is 12.4. The lowest BCUT2D eigenvalue weighted by molar-refractivity contribution is 0.104. The van der Waals surface area contributed by atoms with Gasteiger partial charge in [-0.15, -0.1) is 0 Å². The van der Waals surface area contributed by atoms with Crippen molar-refractivity contribution in [1.82, 2.24) is 0 Å². The molecule has 0 radical (unpaired) electrons. The maximum Gasteiger partial charge on any atom is 0.186 e. The molecule has 0 amide bonds. The minimum absolute atomic E-state index is 0.133. The molecular weight excluding hydrogens is 356 g/mol. The molecule has 0 atom stereocenters. The predicted octanol–water partition coefficient (Wildman–Crippen LogP) is 4.83. The fourth-order valence-corrected chi connectivity index (χ4v) is 2.88. The summed E-state index contributed by atoms with van der Waals surface area (Å²) in [5.74, 6) is 3.23. The lowest BCUT2D eigenvalue weighted by Crippen LogP contribution is -2.15. The van der Waals surface area contributed by atoms with E-state index in [0.29, 0.717) is 48.4 Å². The Balaban J connectivity index is 1.38. The average molecular weight is 376 g/mol. The van der Waals surface area contributed by atoms with E-state index in [1.807, 2.05) is 43.3 Å². The van der Waals surface area contributed by atoms with Crippen molar-refractivity contribution in [2.75, 3.05) is 13.2 Å². The number of fused-ring (bicyclic) bond motifs is 1. The van der Waals surface area contributed by atoms with Gasteiger partial charge in [0, 0.05) is 5.56 Å². The minimum Gasteiger partial charge on any atom is -0.486 e. The molecule has 0 saturated carbocycles. The Kier molecular flexibility index (Phi) is 5.15. The number of hydrogen-bond donors (Lipinski definition) is 0. The zero-order chi connectivity index (χ0) is 19.3. The van der Waals surface area contributed by atoms with Crippen molar-refractivity contribution >= 4 is 11.9 Å². The van der Waals surface area contributed by atoms with E-state index in [2.05, 4.69) is 0 Å². The third-order valence-corrected chi connectivity index (χ3v) is 4.37. The highest BCUT2D eigenvalue weighted by Gasteiger charge is 2.14. The van der Waals surface area contributed by atoms with Gasteiger partial charge in [0.15, 0.2) is 17.3 Å². The number of aryl methyl sites for hydroxylation is 1. The molecule has 4 rings (SSSR count). The van der Waals surface area contributed by atoms with Crippen LogP contribution in [-0.2, 0) is 6.61 Å². The zero-order valence-electron chi connectivity index (χ0n) is 15.5. The van der Waals surface area contributed by atoms with E-state index in [0.717, 1.165) is 11.3 Å². The molecule has 2 heterocycles. The largest absolute Gasteiger partial charge is 0.486 e. The number of allylic oxidation sites excluding steroid dienone is 1. The summed E-state index contributed by atoms with van der Waals surface area (Å²) < 4.78 is 22.5. The normalized spacial score (nSPS) is 12.9. The Morgan fingerprint density at radius 3 is 2.71 bits per heavy atom. The van der Waals surface area contributed by atoms with Gasteiger partial charge in [0.2, 0.25) is 0 Å². The summed E-state index contributed by atoms with van der Waals surface area (Å²) in [6, 6.07) is 16.6. The molecule has 142 valence electrons. The number of carbonyl (C=O) groups excluding carboxylic acids is 1. The van der Waals surface area contributed by atoms with Gasteiger partial charge < -0.3 is 18.6 Å². The minimum atomic E-state index is -0.133. The molecule has 5 nitrogen and oxygen atoms in total. The Labute approximate surface area is 163 Å². The van der Waals surface area contributed by atoms with Gasteiger partial charge in [0.1, 0.15) is 37.1 Å². The second kappa shape index (κ2) is 8.05. The predicted molar refractivity (Wildman–Crippen MR) is 105 cm³/mol. The van der Waals surface area contributed by atoms with E-state index in [9.17, 15) is 4.79 Å². The molecule has 2 aromatic carbocycles. The van der Waals surface area contributed by atoms with Gasteiger partial charge in [0.25, 0.3) is 0 Å². The highest BCUT2D eigenvalue weighted by molar-refractivity contribution is 6.07. The van der Waals surface area contributed by atoms with Crippen molar-refractivity contribution in [1.29, 1.82) is 0 Å². The summed E-state index contributed by atoms with van der Waals surface area (Å²) in [5.41, 5.74) is 1.61. The second-order valence-corrected chi connectivity index (χ2v) is 6.41. The summed E-state index contributed by atoms with van der Waals surface area (Å²) in [6.07, 6.45) is 3.13. The SMILES string of the molecule is Cc1ccccc1OCc1ccc(/C=C/C(=O)c2ccc3c(c2)OCCO3)o1. The van der Waals surface area contributed by atoms with Crippen LogP contribution in [0.3, 0.4) is 0 Å². The van der Waals surface area contributed by atoms with Crippen LogP contribution in [0, 0.1) is 6.92 Å². The van der Waals surface area contributed by atoms with Gasteiger partial charge in [-0.3, -0.25) is 4.79 Å². The molecular formula is C23H20O5. The van der Waals surface area contributed by atoms with Crippen molar-refractivity contribution in [3.63, 3.8) is 0 Å². The first-order chi connectivity index (χ1) is 13.7. The summed E-state index contributed by atoms with van der Waals surface area (Å²) in [6.45, 7) is 3.33. The number of hydrogen-bond acceptors (Lipinski definition) is 5. The van der Waals surface area contributed by atoms with E-state index in [1.54, 1.807) is 24.3 Å². The number of rotatable bonds is 6. The van der Waals surface area contributed by atoms with Crippen LogP contribution in [0.1, 0.15) is 27.4 Å². The van der Waals surface area contributed by atoms with Crippen molar-refractivity contribution in [2.45, 2.75) is 13.5 Å². The van der Waals surface area contributed by atoms with Crippen LogP contribution in [-0.4, -0.2) is 19.0 Å². The first-order valence-electron chi connectivity index (χ1n) is 9.08. The van der Waals surface area contributed by atoms with E-state index >= 15 is 0 Å². The molecule has 0 unspecified atom stereocenters. The highest BCUT2D eigenvalue weighted by atomic mass is 16.6. The average Bonchev–Trinajstić information content (AvgIpc) is 3.19. The van der Waals surface area contributed by atoms with E-state index in [-0.39, 0.29) is 5.78 Å². The molecule has 0 spiro atoms. The van der Waals surface area contributed by atoms with Crippen molar-refractivity contribution < 1.29 is 23.4 Å². The van der Waals surface area contributed by atoms with Gasteiger partial charge in [0.05, 0.1) is 0 Å². The summed E-state index contributed by atoms with van der Waals surface area (Å²) >= 11 is 0. The fourth-order valence-electron chi connectivity index (χ4n) is 2.88. The summed E-state index contributed by atoms with van der Waals surface area (Å²) in [5, 5.41) is 0. The molecule has 0 saturated heterocycles. The lowest BCUT2D eigenvalue weighted by atomic mass is 10.1. The van der Waals surface area contributed by atoms with Crippen molar-refractivity contribution in [3.8, 4) is 17.2 Å². The van der Waals surface area contributed by atoms with E-state index in [1.165, 1.54) is 6.08 Å². The molecule has 0 aliphatic carbocycles. The van der Waals surface area contributed by atoms with Gasteiger partial charge in [-0.05, 0) is 61.0 Å².